The van der Waals surface area contributed by atoms with Gasteiger partial charge < -0.3 is 39.9 Å². The number of aromatic amines is 2. The third-order valence-corrected chi connectivity index (χ3v) is 14.9. The molecular formula is C45H55N9O6. The predicted octanol–water partition coefficient (Wildman–Crippen LogP) is 6.49. The summed E-state index contributed by atoms with van der Waals surface area (Å²) in [7, 11) is 2.65. The molecule has 7 fully saturated rings. The van der Waals surface area contributed by atoms with E-state index in [-0.39, 0.29) is 46.6 Å². The van der Waals surface area contributed by atoms with Crippen LogP contribution in [0.4, 0.5) is 9.59 Å². The average molecular weight is 818 g/mol. The molecule has 5 heterocycles. The molecule has 2 bridgehead atoms. The highest BCUT2D eigenvalue weighted by molar-refractivity contribution is 5.88. The molecule has 1 aromatic carbocycles. The number of alkyl carbamates (subject to hydrolysis) is 2. The van der Waals surface area contributed by atoms with E-state index in [1.165, 1.54) is 25.6 Å². The highest BCUT2D eigenvalue weighted by atomic mass is 16.5. The van der Waals surface area contributed by atoms with Gasteiger partial charge in [0, 0.05) is 58.7 Å². The van der Waals surface area contributed by atoms with Gasteiger partial charge in [0.15, 0.2) is 0 Å². The Morgan fingerprint density at radius 1 is 0.733 bits per heavy atom. The Bertz CT molecular complexity index is 2290. The maximum atomic E-state index is 13.8. The number of carbonyl (C=O) groups excluding carboxylic acids is 4. The first-order chi connectivity index (χ1) is 29.2. The maximum absolute atomic E-state index is 13.8. The number of hydrogen-bond acceptors (Lipinski definition) is 9. The molecule has 0 radical (unpaired) electrons. The molecule has 4 aromatic rings. The molecule has 0 unspecified atom stereocenters. The van der Waals surface area contributed by atoms with Crippen molar-refractivity contribution in [3.05, 3.63) is 65.8 Å². The first-order valence-electron chi connectivity index (χ1n) is 22.0. The summed E-state index contributed by atoms with van der Waals surface area (Å²) in [5, 5.41) is 6.64. The lowest BCUT2D eigenvalue weighted by atomic mass is 9.52. The molecule has 15 heteroatoms. The lowest BCUT2D eigenvalue weighted by molar-refractivity contribution is -0.135. The van der Waals surface area contributed by atoms with Crippen molar-refractivity contribution in [2.24, 2.45) is 11.8 Å². The molecule has 4 N–H and O–H groups in total. The number of rotatable bonds is 11. The van der Waals surface area contributed by atoms with Crippen LogP contribution in [0.3, 0.4) is 0 Å². The smallest absolute Gasteiger partial charge is 0.407 e. The lowest BCUT2D eigenvalue weighted by Crippen LogP contribution is -2.49. The van der Waals surface area contributed by atoms with Crippen molar-refractivity contribution < 1.29 is 28.7 Å². The van der Waals surface area contributed by atoms with E-state index in [1.54, 1.807) is 0 Å². The van der Waals surface area contributed by atoms with E-state index < -0.39 is 24.3 Å². The summed E-state index contributed by atoms with van der Waals surface area (Å²) >= 11 is 0. The van der Waals surface area contributed by atoms with Gasteiger partial charge in [0.1, 0.15) is 23.7 Å². The SMILES string of the molecule is COC(=O)N[C@H](C(=O)N1CCC[C@H]1c1nc(-c2ccc3nc(C45CCC(c6cnc([C@@H]7CCCN7C(=O)[C@@H](NC(=O)OC)C7CC7)[nH]6)(CC4)CC5)ccc3c2)c[nH]1)C1CC1. The summed E-state index contributed by atoms with van der Waals surface area (Å²) in [6, 6.07) is 9.34. The van der Waals surface area contributed by atoms with Gasteiger partial charge in [-0.05, 0) is 120 Å². The predicted molar refractivity (Wildman–Crippen MR) is 220 cm³/mol. The van der Waals surface area contributed by atoms with Crippen molar-refractivity contribution in [3.8, 4) is 11.3 Å². The number of carbonyl (C=O) groups is 4. The van der Waals surface area contributed by atoms with Gasteiger partial charge in [0.25, 0.3) is 0 Å². The monoisotopic (exact) mass is 817 g/mol. The Labute approximate surface area is 349 Å². The molecule has 5 saturated carbocycles. The van der Waals surface area contributed by atoms with Crippen LogP contribution in [0, 0.1) is 11.8 Å². The number of methoxy groups -OCH3 is 2. The average Bonchev–Trinajstić information content (AvgIpc) is 4.00. The highest BCUT2D eigenvalue weighted by Gasteiger charge is 2.52. The number of H-pyrrole nitrogens is 2. The summed E-state index contributed by atoms with van der Waals surface area (Å²) in [5.74, 6) is 1.82. The van der Waals surface area contributed by atoms with E-state index in [4.69, 9.17) is 24.4 Å². The van der Waals surface area contributed by atoms with Crippen molar-refractivity contribution in [2.45, 2.75) is 125 Å². The van der Waals surface area contributed by atoms with Crippen LogP contribution in [0.15, 0.2) is 42.7 Å². The topological polar surface area (TPSA) is 188 Å². The first-order valence-corrected chi connectivity index (χ1v) is 22.0. The van der Waals surface area contributed by atoms with Crippen molar-refractivity contribution in [1.29, 1.82) is 0 Å². The van der Waals surface area contributed by atoms with Gasteiger partial charge >= 0.3 is 12.2 Å². The number of ether oxygens (including phenoxy) is 2. The Hall–Kier alpha value is -5.47. The second kappa shape index (κ2) is 15.2. The van der Waals surface area contributed by atoms with Gasteiger partial charge in [0.05, 0.1) is 37.5 Å². The minimum Gasteiger partial charge on any atom is -0.453 e. The summed E-state index contributed by atoms with van der Waals surface area (Å²) in [4.78, 5) is 77.6. The summed E-state index contributed by atoms with van der Waals surface area (Å²) in [6.45, 7) is 1.29. The van der Waals surface area contributed by atoms with Crippen LogP contribution in [0.2, 0.25) is 0 Å². The van der Waals surface area contributed by atoms with Gasteiger partial charge in [-0.1, -0.05) is 12.1 Å². The number of benzene rings is 1. The normalized spacial score (nSPS) is 27.2. The number of nitrogens with one attached hydrogen (secondary N) is 4. The van der Waals surface area contributed by atoms with Gasteiger partial charge in [-0.25, -0.2) is 19.6 Å². The number of aromatic nitrogens is 5. The molecule has 4 amide bonds. The molecule has 4 atom stereocenters. The quantitative estimate of drug-likeness (QED) is 0.131. The van der Waals surface area contributed by atoms with Gasteiger partial charge in [-0.15, -0.1) is 0 Å². The second-order valence-electron chi connectivity index (χ2n) is 18.3. The number of fused-ring (bicyclic) bond motifs is 4. The summed E-state index contributed by atoms with van der Waals surface area (Å²) in [6.07, 6.45) is 16.3. The minimum atomic E-state index is -0.576. The molecule has 316 valence electrons. The van der Waals surface area contributed by atoms with Crippen molar-refractivity contribution in [2.75, 3.05) is 27.3 Å². The molecule has 5 aliphatic carbocycles. The van der Waals surface area contributed by atoms with Crippen molar-refractivity contribution in [1.82, 2.24) is 45.4 Å². The van der Waals surface area contributed by atoms with Crippen molar-refractivity contribution >= 4 is 34.9 Å². The van der Waals surface area contributed by atoms with E-state index in [1.807, 2.05) is 22.2 Å². The number of amides is 4. The minimum absolute atomic E-state index is 0.0356. The lowest BCUT2D eigenvalue weighted by Gasteiger charge is -2.53. The van der Waals surface area contributed by atoms with Crippen LogP contribution < -0.4 is 10.6 Å². The first kappa shape index (κ1) is 38.7. The molecule has 2 saturated heterocycles. The van der Waals surface area contributed by atoms with E-state index in [2.05, 4.69) is 50.9 Å². The molecule has 3 aromatic heterocycles. The number of imidazole rings is 2. The maximum Gasteiger partial charge on any atom is 0.407 e. The van der Waals surface area contributed by atoms with Gasteiger partial charge in [0.2, 0.25) is 11.8 Å². The molecule has 15 nitrogen and oxygen atoms in total. The largest absolute Gasteiger partial charge is 0.453 e. The second-order valence-corrected chi connectivity index (χ2v) is 18.3. The van der Waals surface area contributed by atoms with Gasteiger partial charge in [-0.2, -0.15) is 0 Å². The van der Waals surface area contributed by atoms with Crippen LogP contribution in [-0.4, -0.2) is 98.1 Å². The number of pyridine rings is 1. The third-order valence-electron chi connectivity index (χ3n) is 14.9. The number of nitrogens with zero attached hydrogens (tertiary/aromatic N) is 5. The Balaban J connectivity index is 0.801. The van der Waals surface area contributed by atoms with Crippen LogP contribution in [0.1, 0.15) is 125 Å². The third kappa shape index (κ3) is 6.96. The molecular weight excluding hydrogens is 763 g/mol. The van der Waals surface area contributed by atoms with Gasteiger partial charge in [-0.3, -0.25) is 14.6 Å². The molecule has 0 spiro atoms. The summed E-state index contributed by atoms with van der Waals surface area (Å²) < 4.78 is 9.64. The van der Waals surface area contributed by atoms with Crippen LogP contribution in [0.25, 0.3) is 22.2 Å². The van der Waals surface area contributed by atoms with Crippen LogP contribution in [0.5, 0.6) is 0 Å². The number of likely N-dealkylation sites (tertiary alicyclic amines) is 2. The molecule has 2 aliphatic heterocycles. The molecule has 60 heavy (non-hydrogen) atoms. The fourth-order valence-electron chi connectivity index (χ4n) is 11.0. The Morgan fingerprint density at radius 2 is 1.32 bits per heavy atom. The molecule has 11 rings (SSSR count). The van der Waals surface area contributed by atoms with E-state index in [0.29, 0.717) is 13.1 Å². The zero-order chi connectivity index (χ0) is 41.2. The molecule has 7 aliphatic rings. The van der Waals surface area contributed by atoms with E-state index in [0.717, 1.165) is 124 Å². The zero-order valence-electron chi connectivity index (χ0n) is 34.5. The Morgan fingerprint density at radius 3 is 1.90 bits per heavy atom. The summed E-state index contributed by atoms with van der Waals surface area (Å²) in [5.41, 5.74) is 5.22. The Kier molecular flexibility index (Phi) is 9.82. The standard InChI is InChI=1S/C45H55N9O6/c1-59-42(57)51-36(26-7-8-26)40(55)53-21-3-5-32(53)38-46-24-31(49-38)29-11-13-30-28(23-29)12-14-34(48-30)44-15-18-45(19-16-44,20-17-44)35-25-47-39(50-35)33-6-4-22-54(33)41(56)37(27-9-10-27)52-43(58)60-2/h11-14,23-27,32-33,36-37H,3-10,15-22H2,1-2H3,(H,46,49)(H,47,50)(H,51,57)(H,52,58)/t32-,33-,36-,37-,44?,45?/m0/s1. The van der Waals surface area contributed by atoms with Crippen LogP contribution in [-0.2, 0) is 29.9 Å². The fraction of sp³-hybridized carbons (Fsp3) is 0.578. The van der Waals surface area contributed by atoms with E-state index >= 15 is 0 Å². The highest BCUT2D eigenvalue weighted by Crippen LogP contribution is 2.58. The van der Waals surface area contributed by atoms with E-state index in [9.17, 15) is 19.2 Å². The fourth-order valence-corrected chi connectivity index (χ4v) is 11.0. The van der Waals surface area contributed by atoms with Crippen LogP contribution >= 0.6 is 0 Å². The number of hydrogen-bond donors (Lipinski definition) is 4. The van der Waals surface area contributed by atoms with Crippen molar-refractivity contribution in [3.63, 3.8) is 0 Å². The zero-order valence-corrected chi connectivity index (χ0v) is 34.5.